The van der Waals surface area contributed by atoms with E-state index in [9.17, 15) is 14.7 Å². The van der Waals surface area contributed by atoms with Gasteiger partial charge in [-0.25, -0.2) is 9.59 Å². The number of pyridine rings is 1. The molecule has 104 valence electrons. The second-order valence-corrected chi connectivity index (χ2v) is 5.19. The highest BCUT2D eigenvalue weighted by molar-refractivity contribution is 7.99. The molecule has 2 N–H and O–H groups in total. The molecule has 0 aliphatic rings. The van der Waals surface area contributed by atoms with E-state index in [2.05, 4.69) is 15.0 Å². The quantitative estimate of drug-likeness (QED) is 0.640. The summed E-state index contributed by atoms with van der Waals surface area (Å²) in [6.45, 7) is 1.56. The lowest BCUT2D eigenvalue weighted by molar-refractivity contribution is 0.0690. The second-order valence-electron chi connectivity index (χ2n) is 4.11. The highest BCUT2D eigenvalue weighted by Gasteiger charge is 2.16. The molecule has 2 aromatic rings. The second kappa shape index (κ2) is 6.33. The van der Waals surface area contributed by atoms with Crippen LogP contribution in [0, 0.1) is 6.92 Å². The van der Waals surface area contributed by atoms with Gasteiger partial charge in [0.2, 0.25) is 0 Å². The number of carboxylic acids is 1. The van der Waals surface area contributed by atoms with E-state index in [1.807, 2.05) is 12.1 Å². The zero-order valence-electron chi connectivity index (χ0n) is 10.8. The van der Waals surface area contributed by atoms with E-state index >= 15 is 0 Å². The van der Waals surface area contributed by atoms with Crippen LogP contribution in [0.25, 0.3) is 0 Å². The van der Waals surface area contributed by atoms with Gasteiger partial charge in [-0.15, -0.1) is 11.8 Å². The Morgan fingerprint density at radius 2 is 2.10 bits per heavy atom. The number of rotatable bonds is 5. The summed E-state index contributed by atoms with van der Waals surface area (Å²) in [5.41, 5.74) is 0.957. The van der Waals surface area contributed by atoms with Crippen LogP contribution in [0.3, 0.4) is 0 Å². The molecule has 2 rings (SSSR count). The lowest BCUT2D eigenvalue weighted by Gasteiger charge is -2.06. The van der Waals surface area contributed by atoms with Crippen LogP contribution in [-0.4, -0.2) is 31.8 Å². The van der Waals surface area contributed by atoms with Gasteiger partial charge in [0.25, 0.3) is 0 Å². The van der Waals surface area contributed by atoms with Crippen LogP contribution in [0.4, 0.5) is 0 Å². The summed E-state index contributed by atoms with van der Waals surface area (Å²) in [7, 11) is 0. The van der Waals surface area contributed by atoms with Crippen molar-refractivity contribution < 1.29 is 9.90 Å². The minimum atomic E-state index is -1.09. The van der Waals surface area contributed by atoms with Crippen LogP contribution in [0.5, 0.6) is 0 Å². The Labute approximate surface area is 119 Å². The molecule has 0 bridgehead atoms. The van der Waals surface area contributed by atoms with E-state index in [1.165, 1.54) is 11.8 Å². The van der Waals surface area contributed by atoms with E-state index in [4.69, 9.17) is 0 Å². The van der Waals surface area contributed by atoms with E-state index in [0.29, 0.717) is 11.4 Å². The number of nitrogens with one attached hydrogen (secondary N) is 1. The number of aromatic amines is 1. The first kappa shape index (κ1) is 14.3. The zero-order valence-corrected chi connectivity index (χ0v) is 11.6. The Morgan fingerprint density at radius 1 is 1.40 bits per heavy atom. The van der Waals surface area contributed by atoms with Crippen LogP contribution in [0.2, 0.25) is 0 Å². The van der Waals surface area contributed by atoms with Gasteiger partial charge in [0, 0.05) is 23.8 Å². The minimum absolute atomic E-state index is 0.0596. The third-order valence-corrected chi connectivity index (χ3v) is 3.66. The number of aryl methyl sites for hydroxylation is 2. The molecule has 0 unspecified atom stereocenters. The van der Waals surface area contributed by atoms with Gasteiger partial charge < -0.3 is 10.1 Å². The van der Waals surface area contributed by atoms with Gasteiger partial charge >= 0.3 is 11.7 Å². The number of aromatic nitrogens is 3. The van der Waals surface area contributed by atoms with Crippen molar-refractivity contribution in [2.24, 2.45) is 0 Å². The van der Waals surface area contributed by atoms with Crippen molar-refractivity contribution in [3.8, 4) is 0 Å². The highest BCUT2D eigenvalue weighted by Crippen LogP contribution is 2.21. The Balaban J connectivity index is 2.13. The summed E-state index contributed by atoms with van der Waals surface area (Å²) in [6, 6.07) is 3.80. The monoisotopic (exact) mass is 291 g/mol. The molecular weight excluding hydrogens is 278 g/mol. The van der Waals surface area contributed by atoms with E-state index in [1.54, 1.807) is 19.3 Å². The van der Waals surface area contributed by atoms with Crippen molar-refractivity contribution in [1.82, 2.24) is 15.0 Å². The van der Waals surface area contributed by atoms with E-state index in [0.717, 1.165) is 12.0 Å². The first-order valence-corrected chi connectivity index (χ1v) is 6.92. The van der Waals surface area contributed by atoms with Crippen LogP contribution in [0.1, 0.15) is 21.6 Å². The lowest BCUT2D eigenvalue weighted by Crippen LogP contribution is -2.18. The number of carboxylic acid groups (broad SMARTS) is 1. The minimum Gasteiger partial charge on any atom is -0.478 e. The molecule has 0 aromatic carbocycles. The number of hydrogen-bond donors (Lipinski definition) is 2. The molecule has 2 aromatic heterocycles. The maximum absolute atomic E-state index is 11.3. The van der Waals surface area contributed by atoms with Crippen LogP contribution >= 0.6 is 11.8 Å². The average molecular weight is 291 g/mol. The summed E-state index contributed by atoms with van der Waals surface area (Å²) in [5, 5.41) is 9.43. The maximum atomic E-state index is 11.3. The number of thioether (sulfide) groups is 1. The standard InChI is InChI=1S/C13H13N3O3S/c1-8-10(12(17)18)11(16-13(19)15-8)20-7-4-9-2-5-14-6-3-9/h2-3,5-6H,4,7H2,1H3,(H,17,18)(H,15,16,19). The number of H-pyrrole nitrogens is 1. The summed E-state index contributed by atoms with van der Waals surface area (Å²) >= 11 is 1.27. The highest BCUT2D eigenvalue weighted by atomic mass is 32.2. The number of carbonyl (C=O) groups is 1. The van der Waals surface area contributed by atoms with Gasteiger partial charge in [-0.2, -0.15) is 4.98 Å². The van der Waals surface area contributed by atoms with Crippen molar-refractivity contribution >= 4 is 17.7 Å². The Hall–Kier alpha value is -2.15. The molecule has 7 heteroatoms. The third-order valence-electron chi connectivity index (χ3n) is 2.68. The topological polar surface area (TPSA) is 95.9 Å². The largest absolute Gasteiger partial charge is 0.478 e. The molecule has 0 spiro atoms. The summed E-state index contributed by atoms with van der Waals surface area (Å²) in [4.78, 5) is 32.6. The molecule has 20 heavy (non-hydrogen) atoms. The molecule has 0 aliphatic carbocycles. The normalized spacial score (nSPS) is 10.4. The van der Waals surface area contributed by atoms with Gasteiger partial charge in [-0.1, -0.05) is 0 Å². The predicted molar refractivity (Wildman–Crippen MR) is 75.2 cm³/mol. The maximum Gasteiger partial charge on any atom is 0.346 e. The van der Waals surface area contributed by atoms with Gasteiger partial charge in [0.05, 0.1) is 0 Å². The molecular formula is C13H13N3O3S. The average Bonchev–Trinajstić information content (AvgIpc) is 2.38. The van der Waals surface area contributed by atoms with Gasteiger partial charge in [-0.3, -0.25) is 4.98 Å². The van der Waals surface area contributed by atoms with Crippen LogP contribution in [0.15, 0.2) is 34.3 Å². The molecule has 0 aliphatic heterocycles. The first-order valence-electron chi connectivity index (χ1n) is 5.94. The molecule has 2 heterocycles. The summed E-state index contributed by atoms with van der Waals surface area (Å²) in [6.07, 6.45) is 4.16. The van der Waals surface area contributed by atoms with Gasteiger partial charge in [0.15, 0.2) is 0 Å². The predicted octanol–water partition coefficient (Wildman–Crippen LogP) is 1.51. The fourth-order valence-corrected chi connectivity index (χ4v) is 2.79. The van der Waals surface area contributed by atoms with Crippen LogP contribution in [-0.2, 0) is 6.42 Å². The Bertz CT molecular complexity index is 670. The molecule has 0 amide bonds. The Kier molecular flexibility index (Phi) is 4.52. The fourth-order valence-electron chi connectivity index (χ4n) is 1.73. The van der Waals surface area contributed by atoms with Crippen molar-refractivity contribution in [3.63, 3.8) is 0 Å². The molecule has 6 nitrogen and oxygen atoms in total. The summed E-state index contributed by atoms with van der Waals surface area (Å²) in [5.74, 6) is -0.446. The van der Waals surface area contributed by atoms with Crippen molar-refractivity contribution in [2.45, 2.75) is 18.4 Å². The molecule has 0 saturated carbocycles. The SMILES string of the molecule is Cc1[nH]c(=O)nc(SCCc2ccncc2)c1C(=O)O. The van der Waals surface area contributed by atoms with Gasteiger partial charge in [-0.05, 0) is 31.0 Å². The Morgan fingerprint density at radius 3 is 2.75 bits per heavy atom. The lowest BCUT2D eigenvalue weighted by atomic mass is 10.2. The number of aromatic carboxylic acids is 1. The molecule has 0 saturated heterocycles. The first-order chi connectivity index (χ1) is 9.58. The molecule has 0 atom stereocenters. The van der Waals surface area contributed by atoms with E-state index in [-0.39, 0.29) is 10.6 Å². The molecule has 0 radical (unpaired) electrons. The van der Waals surface area contributed by atoms with Crippen molar-refractivity contribution in [2.75, 3.05) is 5.75 Å². The van der Waals surface area contributed by atoms with E-state index < -0.39 is 11.7 Å². The van der Waals surface area contributed by atoms with Crippen LogP contribution < -0.4 is 5.69 Å². The third kappa shape index (κ3) is 3.45. The smallest absolute Gasteiger partial charge is 0.346 e. The van der Waals surface area contributed by atoms with Crippen molar-refractivity contribution in [1.29, 1.82) is 0 Å². The van der Waals surface area contributed by atoms with Crippen molar-refractivity contribution in [3.05, 3.63) is 51.8 Å². The number of nitrogens with zero attached hydrogens (tertiary/aromatic N) is 2. The summed E-state index contributed by atoms with van der Waals surface area (Å²) < 4.78 is 0. The molecule has 0 fully saturated rings. The number of hydrogen-bond acceptors (Lipinski definition) is 5. The fraction of sp³-hybridized carbons (Fsp3) is 0.231. The van der Waals surface area contributed by atoms with Gasteiger partial charge in [0.1, 0.15) is 10.6 Å². The zero-order chi connectivity index (χ0) is 14.5.